The third-order valence-electron chi connectivity index (χ3n) is 5.07. The number of aromatic hydroxyl groups is 1. The van der Waals surface area contributed by atoms with Crippen molar-refractivity contribution in [2.24, 2.45) is 23.7 Å². The summed E-state index contributed by atoms with van der Waals surface area (Å²) in [5.41, 5.74) is 1.99. The molecule has 1 aromatic rings. The summed E-state index contributed by atoms with van der Waals surface area (Å²) in [7, 11) is 0. The lowest BCUT2D eigenvalue weighted by molar-refractivity contribution is -0.118. The first-order valence-corrected chi connectivity index (χ1v) is 7.03. The Morgan fingerprint density at radius 2 is 1.80 bits per heavy atom. The van der Waals surface area contributed by atoms with E-state index in [0.717, 1.165) is 12.0 Å². The standard InChI is InChI=1S/C17H16O3/c1-8-2-5-11(18)7-12(8)15-16(19)13-9-3-4-10(6-9)14(13)17(15)20/h2-5,7,9-10,13-14,18-19H,6H2,1H3. The van der Waals surface area contributed by atoms with Crippen LogP contribution in [0.1, 0.15) is 17.5 Å². The van der Waals surface area contributed by atoms with Gasteiger partial charge >= 0.3 is 0 Å². The van der Waals surface area contributed by atoms with E-state index in [1.165, 1.54) is 0 Å². The number of phenolic OH excluding ortho intramolecular Hbond substituents is 1. The second kappa shape index (κ2) is 3.75. The topological polar surface area (TPSA) is 57.5 Å². The molecular weight excluding hydrogens is 252 g/mol. The van der Waals surface area contributed by atoms with E-state index < -0.39 is 0 Å². The Morgan fingerprint density at radius 3 is 2.50 bits per heavy atom. The van der Waals surface area contributed by atoms with Gasteiger partial charge in [0.15, 0.2) is 5.78 Å². The van der Waals surface area contributed by atoms with Crippen molar-refractivity contribution in [2.75, 3.05) is 0 Å². The molecule has 3 nitrogen and oxygen atoms in total. The molecule has 4 unspecified atom stereocenters. The van der Waals surface area contributed by atoms with Crippen molar-refractivity contribution in [3.63, 3.8) is 0 Å². The highest BCUT2D eigenvalue weighted by Gasteiger charge is 2.55. The molecule has 1 saturated carbocycles. The number of benzene rings is 1. The number of rotatable bonds is 1. The van der Waals surface area contributed by atoms with Gasteiger partial charge in [0.05, 0.1) is 5.57 Å². The van der Waals surface area contributed by atoms with Gasteiger partial charge in [-0.3, -0.25) is 4.79 Å². The lowest BCUT2D eigenvalue weighted by Gasteiger charge is -2.19. The van der Waals surface area contributed by atoms with Crippen LogP contribution in [0.25, 0.3) is 5.57 Å². The summed E-state index contributed by atoms with van der Waals surface area (Å²) in [6.45, 7) is 1.89. The predicted molar refractivity (Wildman–Crippen MR) is 75.1 cm³/mol. The van der Waals surface area contributed by atoms with Gasteiger partial charge in [-0.25, -0.2) is 0 Å². The zero-order chi connectivity index (χ0) is 14.0. The molecule has 3 aliphatic carbocycles. The highest BCUT2D eigenvalue weighted by atomic mass is 16.3. The minimum absolute atomic E-state index is 0.0399. The first-order valence-electron chi connectivity index (χ1n) is 7.03. The van der Waals surface area contributed by atoms with Crippen LogP contribution in [0.4, 0.5) is 0 Å². The number of aliphatic hydroxyl groups is 1. The highest BCUT2D eigenvalue weighted by molar-refractivity contribution is 6.25. The Hall–Kier alpha value is -2.03. The van der Waals surface area contributed by atoms with Crippen LogP contribution in [-0.4, -0.2) is 16.0 Å². The summed E-state index contributed by atoms with van der Waals surface area (Å²) in [5, 5.41) is 20.2. The van der Waals surface area contributed by atoms with Crippen molar-refractivity contribution < 1.29 is 15.0 Å². The van der Waals surface area contributed by atoms with E-state index in [4.69, 9.17) is 0 Å². The van der Waals surface area contributed by atoms with Gasteiger partial charge in [-0.05, 0) is 48.4 Å². The molecule has 0 heterocycles. The van der Waals surface area contributed by atoms with Crippen molar-refractivity contribution in [1.29, 1.82) is 0 Å². The maximum atomic E-state index is 12.7. The SMILES string of the molecule is Cc1ccc(O)cc1C1=C(O)C2C3C=CC(C3)C2C1=O. The zero-order valence-corrected chi connectivity index (χ0v) is 11.2. The van der Waals surface area contributed by atoms with Gasteiger partial charge in [0.1, 0.15) is 11.5 Å². The minimum Gasteiger partial charge on any atom is -0.511 e. The lowest BCUT2D eigenvalue weighted by atomic mass is 9.84. The van der Waals surface area contributed by atoms with Crippen molar-refractivity contribution in [3.8, 4) is 5.75 Å². The Morgan fingerprint density at radius 1 is 1.10 bits per heavy atom. The van der Waals surface area contributed by atoms with Crippen molar-refractivity contribution in [1.82, 2.24) is 0 Å². The Labute approximate surface area is 117 Å². The van der Waals surface area contributed by atoms with Crippen LogP contribution in [0, 0.1) is 30.6 Å². The molecule has 0 aromatic heterocycles. The molecule has 102 valence electrons. The van der Waals surface area contributed by atoms with Crippen molar-refractivity contribution >= 4 is 11.4 Å². The van der Waals surface area contributed by atoms with Crippen molar-refractivity contribution in [3.05, 3.63) is 47.2 Å². The smallest absolute Gasteiger partial charge is 0.171 e. The maximum Gasteiger partial charge on any atom is 0.171 e. The van der Waals surface area contributed by atoms with E-state index >= 15 is 0 Å². The van der Waals surface area contributed by atoms with Gasteiger partial charge in [-0.1, -0.05) is 18.2 Å². The first kappa shape index (κ1) is 11.8. The molecule has 2 bridgehead atoms. The monoisotopic (exact) mass is 268 g/mol. The van der Waals surface area contributed by atoms with E-state index in [-0.39, 0.29) is 35.0 Å². The number of hydrogen-bond donors (Lipinski definition) is 2. The van der Waals surface area contributed by atoms with E-state index in [2.05, 4.69) is 12.2 Å². The molecule has 4 rings (SSSR count). The van der Waals surface area contributed by atoms with Crippen LogP contribution >= 0.6 is 0 Å². The fourth-order valence-electron chi connectivity index (χ4n) is 4.16. The number of hydrogen-bond acceptors (Lipinski definition) is 3. The van der Waals surface area contributed by atoms with Crippen molar-refractivity contribution in [2.45, 2.75) is 13.3 Å². The minimum atomic E-state index is -0.0956. The number of carbonyl (C=O) groups is 1. The van der Waals surface area contributed by atoms with E-state index in [0.29, 0.717) is 17.1 Å². The number of carbonyl (C=O) groups excluding carboxylic acids is 1. The van der Waals surface area contributed by atoms with E-state index in [1.54, 1.807) is 18.2 Å². The van der Waals surface area contributed by atoms with Gasteiger partial charge in [0.2, 0.25) is 0 Å². The number of Topliss-reactive ketones (excluding diaryl/α,β-unsaturated/α-hetero) is 1. The first-order chi connectivity index (χ1) is 9.58. The van der Waals surface area contributed by atoms with Crippen LogP contribution in [0.15, 0.2) is 36.1 Å². The molecule has 4 atom stereocenters. The van der Waals surface area contributed by atoms with E-state index in [9.17, 15) is 15.0 Å². The summed E-state index contributed by atoms with van der Waals surface area (Å²) in [4.78, 5) is 12.7. The lowest BCUT2D eigenvalue weighted by Crippen LogP contribution is -2.22. The third-order valence-corrected chi connectivity index (χ3v) is 5.07. The second-order valence-electron chi connectivity index (χ2n) is 6.12. The van der Waals surface area contributed by atoms with Gasteiger partial charge in [0, 0.05) is 11.8 Å². The summed E-state index contributed by atoms with van der Waals surface area (Å²) >= 11 is 0. The molecule has 0 amide bonds. The Balaban J connectivity index is 1.87. The summed E-state index contributed by atoms with van der Waals surface area (Å²) in [5.74, 6) is 0.815. The molecule has 20 heavy (non-hydrogen) atoms. The van der Waals surface area contributed by atoms with E-state index in [1.807, 2.05) is 6.92 Å². The zero-order valence-electron chi connectivity index (χ0n) is 11.2. The van der Waals surface area contributed by atoms with Crippen LogP contribution in [0.3, 0.4) is 0 Å². The van der Waals surface area contributed by atoms with Crippen LogP contribution < -0.4 is 0 Å². The quantitative estimate of drug-likeness (QED) is 0.770. The van der Waals surface area contributed by atoms with Gasteiger partial charge in [-0.2, -0.15) is 0 Å². The largest absolute Gasteiger partial charge is 0.511 e. The Kier molecular flexibility index (Phi) is 2.21. The fourth-order valence-corrected chi connectivity index (χ4v) is 4.16. The van der Waals surface area contributed by atoms with Gasteiger partial charge in [-0.15, -0.1) is 0 Å². The molecule has 0 spiro atoms. The molecule has 2 N–H and O–H groups in total. The molecule has 0 saturated heterocycles. The molecule has 1 aromatic carbocycles. The third kappa shape index (κ3) is 1.33. The normalized spacial score (nSPS) is 34.1. The van der Waals surface area contributed by atoms with Gasteiger partial charge in [0.25, 0.3) is 0 Å². The number of phenols is 1. The van der Waals surface area contributed by atoms with Crippen LogP contribution in [-0.2, 0) is 4.79 Å². The highest BCUT2D eigenvalue weighted by Crippen LogP contribution is 2.57. The molecule has 0 aliphatic heterocycles. The number of fused-ring (bicyclic) bond motifs is 5. The van der Waals surface area contributed by atoms with Gasteiger partial charge < -0.3 is 10.2 Å². The molecular formula is C17H16O3. The Bertz CT molecular complexity index is 683. The molecule has 3 aliphatic rings. The number of allylic oxidation sites excluding steroid dienone is 4. The maximum absolute atomic E-state index is 12.7. The number of aryl methyl sites for hydroxylation is 1. The average Bonchev–Trinajstić information content (AvgIpc) is 3.08. The summed E-state index contributed by atoms with van der Waals surface area (Å²) < 4.78 is 0. The van der Waals surface area contributed by atoms with Crippen LogP contribution in [0.2, 0.25) is 0 Å². The number of aliphatic hydroxyl groups excluding tert-OH is 1. The van der Waals surface area contributed by atoms with Crippen LogP contribution in [0.5, 0.6) is 5.75 Å². The summed E-state index contributed by atoms with van der Waals surface area (Å²) in [6, 6.07) is 4.95. The molecule has 1 fully saturated rings. The fraction of sp³-hybridized carbons (Fsp3) is 0.353. The summed E-state index contributed by atoms with van der Waals surface area (Å²) in [6.07, 6.45) is 5.24. The number of ketones is 1. The molecule has 0 radical (unpaired) electrons. The predicted octanol–water partition coefficient (Wildman–Crippen LogP) is 2.99. The average molecular weight is 268 g/mol. The second-order valence-corrected chi connectivity index (χ2v) is 6.12. The molecule has 3 heteroatoms.